The van der Waals surface area contributed by atoms with Crippen molar-refractivity contribution in [1.82, 2.24) is 0 Å². The number of unbranched alkanes of at least 4 members (excludes halogenated alkanes) is 4. The summed E-state index contributed by atoms with van der Waals surface area (Å²) in [5.74, 6) is 0. The highest BCUT2D eigenvalue weighted by molar-refractivity contribution is 4.89. The zero-order chi connectivity index (χ0) is 9.45. The van der Waals surface area contributed by atoms with Gasteiger partial charge in [0.25, 0.3) is 0 Å². The molecule has 1 atom stereocenters. The summed E-state index contributed by atoms with van der Waals surface area (Å²) in [5.41, 5.74) is -0.758. The summed E-state index contributed by atoms with van der Waals surface area (Å²) < 4.78 is 0. The van der Waals surface area contributed by atoms with Gasteiger partial charge in [0.1, 0.15) is 0 Å². The van der Waals surface area contributed by atoms with E-state index in [1.807, 2.05) is 0 Å². The van der Waals surface area contributed by atoms with Gasteiger partial charge in [-0.1, -0.05) is 51.7 Å². The molecule has 0 bridgehead atoms. The van der Waals surface area contributed by atoms with Gasteiger partial charge in [-0.3, -0.25) is 0 Å². The summed E-state index contributed by atoms with van der Waals surface area (Å²) in [6, 6.07) is 0. The van der Waals surface area contributed by atoms with Crippen molar-refractivity contribution in [2.24, 2.45) is 0 Å². The number of aliphatic hydroxyl groups is 1. The van der Waals surface area contributed by atoms with E-state index in [-0.39, 0.29) is 0 Å². The lowest BCUT2D eigenvalue weighted by atomic mass is 9.98. The minimum Gasteiger partial charge on any atom is -0.386 e. The minimum absolute atomic E-state index is 0.758. The van der Waals surface area contributed by atoms with Crippen LogP contribution in [0.25, 0.3) is 0 Å². The Bertz CT molecular complexity index is 116. The maximum absolute atomic E-state index is 9.50. The molecule has 0 rings (SSSR count). The zero-order valence-electron chi connectivity index (χ0n) is 8.34. The predicted molar refractivity (Wildman–Crippen MR) is 52.9 cm³/mol. The summed E-state index contributed by atoms with van der Waals surface area (Å²) >= 11 is 0. The molecule has 0 aromatic rings. The predicted octanol–water partition coefficient (Wildman–Crippen LogP) is 3.09. The number of rotatable bonds is 7. The third kappa shape index (κ3) is 6.41. The Morgan fingerprint density at radius 1 is 1.25 bits per heavy atom. The van der Waals surface area contributed by atoms with Crippen LogP contribution in [0, 0.1) is 6.58 Å². The number of hydrogen-bond acceptors (Lipinski definition) is 1. The Morgan fingerprint density at radius 3 is 2.33 bits per heavy atom. The van der Waals surface area contributed by atoms with Crippen molar-refractivity contribution in [3.05, 3.63) is 12.7 Å². The molecule has 0 saturated carbocycles. The van der Waals surface area contributed by atoms with Crippen LogP contribution in [-0.2, 0) is 0 Å². The van der Waals surface area contributed by atoms with E-state index in [0.717, 1.165) is 12.8 Å². The van der Waals surface area contributed by atoms with E-state index in [4.69, 9.17) is 6.58 Å². The molecule has 1 N–H and O–H groups in total. The van der Waals surface area contributed by atoms with Gasteiger partial charge in [-0.05, 0) is 13.3 Å². The summed E-state index contributed by atoms with van der Waals surface area (Å²) in [6.45, 7) is 9.23. The van der Waals surface area contributed by atoms with Gasteiger partial charge in [-0.25, -0.2) is 0 Å². The van der Waals surface area contributed by atoms with Crippen molar-refractivity contribution >= 4 is 0 Å². The first-order valence-corrected chi connectivity index (χ1v) is 4.91. The highest BCUT2D eigenvalue weighted by atomic mass is 16.3. The van der Waals surface area contributed by atoms with E-state index in [9.17, 15) is 5.11 Å². The fourth-order valence-corrected chi connectivity index (χ4v) is 1.17. The van der Waals surface area contributed by atoms with Crippen molar-refractivity contribution in [3.63, 3.8) is 0 Å². The summed E-state index contributed by atoms with van der Waals surface area (Å²) in [4.78, 5) is 0. The third-order valence-corrected chi connectivity index (χ3v) is 2.15. The molecule has 0 fully saturated rings. The smallest absolute Gasteiger partial charge is 0.0802 e. The first-order valence-electron chi connectivity index (χ1n) is 4.91. The molecular formula is C11H21O. The average Bonchev–Trinajstić information content (AvgIpc) is 2.04. The summed E-state index contributed by atoms with van der Waals surface area (Å²) in [7, 11) is 0. The van der Waals surface area contributed by atoms with E-state index in [1.165, 1.54) is 31.8 Å². The van der Waals surface area contributed by atoms with Crippen LogP contribution >= 0.6 is 0 Å². The molecule has 0 spiro atoms. The Labute approximate surface area is 76.5 Å². The molecule has 0 aromatic heterocycles. The van der Waals surface area contributed by atoms with Gasteiger partial charge < -0.3 is 5.11 Å². The minimum atomic E-state index is -0.758. The Morgan fingerprint density at radius 2 is 1.83 bits per heavy atom. The van der Waals surface area contributed by atoms with E-state index in [1.54, 1.807) is 6.92 Å². The maximum Gasteiger partial charge on any atom is 0.0802 e. The van der Waals surface area contributed by atoms with Crippen molar-refractivity contribution in [2.75, 3.05) is 0 Å². The van der Waals surface area contributed by atoms with Gasteiger partial charge in [0.15, 0.2) is 0 Å². The van der Waals surface area contributed by atoms with Crippen LogP contribution in [0.5, 0.6) is 0 Å². The first-order chi connectivity index (χ1) is 5.62. The van der Waals surface area contributed by atoms with Crippen molar-refractivity contribution < 1.29 is 5.11 Å². The molecule has 0 aliphatic carbocycles. The van der Waals surface area contributed by atoms with Gasteiger partial charge in [0.05, 0.1) is 5.60 Å². The average molecular weight is 169 g/mol. The van der Waals surface area contributed by atoms with Gasteiger partial charge in [-0.2, -0.15) is 0 Å². The highest BCUT2D eigenvalue weighted by Gasteiger charge is 2.13. The quantitative estimate of drug-likeness (QED) is 0.581. The van der Waals surface area contributed by atoms with Crippen LogP contribution < -0.4 is 0 Å². The molecule has 1 heteroatoms. The lowest BCUT2D eigenvalue weighted by molar-refractivity contribution is 0.0985. The second-order valence-electron chi connectivity index (χ2n) is 3.69. The van der Waals surface area contributed by atoms with Gasteiger partial charge in [-0.15, -0.1) is 0 Å². The molecule has 0 aliphatic rings. The largest absolute Gasteiger partial charge is 0.386 e. The molecule has 0 saturated heterocycles. The van der Waals surface area contributed by atoms with Gasteiger partial charge >= 0.3 is 0 Å². The number of hydrogen-bond donors (Lipinski definition) is 1. The maximum atomic E-state index is 9.50. The standard InChI is InChI=1S/C11H21O/c1-4-6-7-8-9-10-11(3,12)5-2/h2,5,12H,4,6-10H2,1,3H3. The van der Waals surface area contributed by atoms with E-state index < -0.39 is 5.60 Å². The summed E-state index contributed by atoms with van der Waals surface area (Å²) in [6.07, 6.45) is 8.28. The molecule has 0 heterocycles. The molecule has 0 amide bonds. The van der Waals surface area contributed by atoms with Crippen LogP contribution in [0.4, 0.5) is 0 Å². The van der Waals surface area contributed by atoms with Gasteiger partial charge in [0, 0.05) is 0 Å². The first kappa shape index (κ1) is 11.7. The molecular weight excluding hydrogens is 148 g/mol. The molecule has 1 unspecified atom stereocenters. The van der Waals surface area contributed by atoms with Crippen LogP contribution in [0.3, 0.4) is 0 Å². The van der Waals surface area contributed by atoms with Crippen molar-refractivity contribution in [3.8, 4) is 0 Å². The highest BCUT2D eigenvalue weighted by Crippen LogP contribution is 2.15. The van der Waals surface area contributed by atoms with E-state index in [2.05, 4.69) is 6.92 Å². The Kier molecular flexibility index (Phi) is 6.09. The SMILES string of the molecule is [CH]=CC(C)(O)CCCCCCC. The second-order valence-corrected chi connectivity index (χ2v) is 3.69. The van der Waals surface area contributed by atoms with Crippen LogP contribution in [0.1, 0.15) is 52.4 Å². The summed E-state index contributed by atoms with van der Waals surface area (Å²) in [5, 5.41) is 9.50. The molecule has 1 nitrogen and oxygen atoms in total. The molecule has 71 valence electrons. The molecule has 0 aliphatic heterocycles. The monoisotopic (exact) mass is 169 g/mol. The molecule has 0 aromatic carbocycles. The van der Waals surface area contributed by atoms with Crippen LogP contribution in [-0.4, -0.2) is 10.7 Å². The lowest BCUT2D eigenvalue weighted by Gasteiger charge is -2.17. The fraction of sp³-hybridized carbons (Fsp3) is 0.818. The molecule has 12 heavy (non-hydrogen) atoms. The van der Waals surface area contributed by atoms with Gasteiger partial charge in [0.2, 0.25) is 0 Å². The fourth-order valence-electron chi connectivity index (χ4n) is 1.17. The normalized spacial score (nSPS) is 15.6. The van der Waals surface area contributed by atoms with E-state index >= 15 is 0 Å². The topological polar surface area (TPSA) is 20.2 Å². The second kappa shape index (κ2) is 6.24. The van der Waals surface area contributed by atoms with Crippen molar-refractivity contribution in [1.29, 1.82) is 0 Å². The van der Waals surface area contributed by atoms with Crippen LogP contribution in [0.15, 0.2) is 6.08 Å². The third-order valence-electron chi connectivity index (χ3n) is 2.15. The Balaban J connectivity index is 3.25. The zero-order valence-corrected chi connectivity index (χ0v) is 8.34. The lowest BCUT2D eigenvalue weighted by Crippen LogP contribution is -2.19. The van der Waals surface area contributed by atoms with Crippen LogP contribution in [0.2, 0.25) is 0 Å². The van der Waals surface area contributed by atoms with E-state index in [0.29, 0.717) is 0 Å². The van der Waals surface area contributed by atoms with Crippen molar-refractivity contribution in [2.45, 2.75) is 58.0 Å². The molecule has 1 radical (unpaired) electrons. The Hall–Kier alpha value is -0.300.